The van der Waals surface area contributed by atoms with Crippen molar-refractivity contribution in [1.29, 1.82) is 0 Å². The predicted octanol–water partition coefficient (Wildman–Crippen LogP) is 4.79. The summed E-state index contributed by atoms with van der Waals surface area (Å²) in [6.45, 7) is 2.67. The number of fused-ring (bicyclic) bond motifs is 1. The monoisotopic (exact) mass is 551 g/mol. The van der Waals surface area contributed by atoms with Gasteiger partial charge in [-0.2, -0.15) is 0 Å². The third-order valence-electron chi connectivity index (χ3n) is 7.24. The minimum Gasteiger partial charge on any atom is -0.457 e. The number of nitrogens with one attached hydrogen (secondary N) is 3. The van der Waals surface area contributed by atoms with E-state index in [0.717, 1.165) is 13.1 Å². The number of piperazine rings is 1. The Morgan fingerprint density at radius 2 is 1.46 bits per heavy atom. The van der Waals surface area contributed by atoms with Gasteiger partial charge in [-0.3, -0.25) is 14.6 Å². The van der Waals surface area contributed by atoms with E-state index in [2.05, 4.69) is 20.9 Å². The Morgan fingerprint density at radius 3 is 2.15 bits per heavy atom. The largest absolute Gasteiger partial charge is 0.457 e. The van der Waals surface area contributed by atoms with Gasteiger partial charge in [0.1, 0.15) is 22.7 Å². The van der Waals surface area contributed by atoms with Crippen LogP contribution in [-0.2, 0) is 9.59 Å². The Hall–Kier alpha value is -4.96. The number of carbonyl (C=O) groups is 3. The van der Waals surface area contributed by atoms with Crippen LogP contribution in [0, 0.1) is 5.41 Å². The molecule has 4 aromatic rings. The first kappa shape index (κ1) is 26.3. The van der Waals surface area contributed by atoms with Crippen LogP contribution in [0.15, 0.2) is 85.1 Å². The second-order valence-electron chi connectivity index (χ2n) is 10.1. The molecule has 10 nitrogen and oxygen atoms in total. The molecule has 6 rings (SSSR count). The smallest absolute Gasteiger partial charge is 0.415 e. The van der Waals surface area contributed by atoms with Crippen LogP contribution in [0.5, 0.6) is 17.2 Å². The Morgan fingerprint density at radius 1 is 0.805 bits per heavy atom. The summed E-state index contributed by atoms with van der Waals surface area (Å²) in [4.78, 5) is 44.4. The number of nitrogens with zero attached hydrogens (tertiary/aromatic N) is 2. The van der Waals surface area contributed by atoms with Gasteiger partial charge < -0.3 is 30.3 Å². The minimum atomic E-state index is -1.06. The summed E-state index contributed by atoms with van der Waals surface area (Å²) < 4.78 is 11.7. The van der Waals surface area contributed by atoms with Crippen molar-refractivity contribution in [3.05, 3.63) is 85.1 Å². The summed E-state index contributed by atoms with van der Waals surface area (Å²) >= 11 is 0. The maximum absolute atomic E-state index is 13.0. The van der Waals surface area contributed by atoms with Crippen LogP contribution in [0.1, 0.15) is 12.8 Å². The van der Waals surface area contributed by atoms with Crippen molar-refractivity contribution < 1.29 is 23.9 Å². The van der Waals surface area contributed by atoms with Gasteiger partial charge in [-0.1, -0.05) is 18.2 Å². The average molecular weight is 552 g/mol. The Labute approximate surface area is 236 Å². The fraction of sp³-hybridized carbons (Fsp3) is 0.226. The molecular formula is C31H29N5O5. The molecule has 0 spiro atoms. The Kier molecular flexibility index (Phi) is 7.22. The van der Waals surface area contributed by atoms with Gasteiger partial charge in [-0.05, 0) is 73.5 Å². The molecule has 3 aromatic carbocycles. The third kappa shape index (κ3) is 5.82. The van der Waals surface area contributed by atoms with Gasteiger partial charge in [0.2, 0.25) is 11.8 Å². The SMILES string of the molecule is O=C(Oc1ccc2nccc(Oc3ccc(NC(=O)C4(C(=O)Nc5ccccc5)CC4)cc3)c2c1)N1CCNCC1. The zero-order valence-electron chi connectivity index (χ0n) is 22.3. The van der Waals surface area contributed by atoms with E-state index in [1.807, 2.05) is 18.2 Å². The first-order valence-corrected chi connectivity index (χ1v) is 13.5. The number of carbonyl (C=O) groups excluding carboxylic acids is 3. The fourth-order valence-electron chi connectivity index (χ4n) is 4.70. The zero-order valence-corrected chi connectivity index (χ0v) is 22.3. The van der Waals surface area contributed by atoms with Crippen LogP contribution in [0.25, 0.3) is 10.9 Å². The number of amides is 3. The highest BCUT2D eigenvalue weighted by molar-refractivity contribution is 6.16. The summed E-state index contributed by atoms with van der Waals surface area (Å²) in [6.07, 6.45) is 2.26. The minimum absolute atomic E-state index is 0.302. The van der Waals surface area contributed by atoms with Crippen molar-refractivity contribution in [3.63, 3.8) is 0 Å². The van der Waals surface area contributed by atoms with Crippen molar-refractivity contribution >= 4 is 40.2 Å². The predicted molar refractivity (Wildman–Crippen MR) is 154 cm³/mol. The lowest BCUT2D eigenvalue weighted by atomic mass is 10.0. The number of ether oxygens (including phenoxy) is 2. The van der Waals surface area contributed by atoms with E-state index in [1.54, 1.807) is 71.8 Å². The van der Waals surface area contributed by atoms with Crippen molar-refractivity contribution in [1.82, 2.24) is 15.2 Å². The number of para-hydroxylation sites is 1. The molecule has 2 fully saturated rings. The van der Waals surface area contributed by atoms with Gasteiger partial charge in [-0.25, -0.2) is 4.79 Å². The highest BCUT2D eigenvalue weighted by Gasteiger charge is 2.56. The van der Waals surface area contributed by atoms with Crippen LogP contribution < -0.4 is 25.4 Å². The van der Waals surface area contributed by atoms with Crippen molar-refractivity contribution in [2.24, 2.45) is 5.41 Å². The molecule has 0 atom stereocenters. The summed E-state index contributed by atoms with van der Waals surface area (Å²) in [6, 6.07) is 23.0. The molecular weight excluding hydrogens is 522 g/mol. The van der Waals surface area contributed by atoms with E-state index < -0.39 is 5.41 Å². The van der Waals surface area contributed by atoms with E-state index in [1.165, 1.54) is 0 Å². The van der Waals surface area contributed by atoms with Crippen LogP contribution in [0.3, 0.4) is 0 Å². The molecule has 1 aliphatic carbocycles. The van der Waals surface area contributed by atoms with Crippen LogP contribution in [0.2, 0.25) is 0 Å². The lowest BCUT2D eigenvalue weighted by Gasteiger charge is -2.26. The molecule has 2 heterocycles. The van der Waals surface area contributed by atoms with Gasteiger partial charge in [-0.15, -0.1) is 0 Å². The standard InChI is InChI=1S/C31H29N5O5/c37-28(34-21-4-2-1-3-5-21)31(13-14-31)29(38)35-22-6-8-23(9-7-22)40-27-12-15-33-26-11-10-24(20-25(26)27)41-30(39)36-18-16-32-17-19-36/h1-12,15,20,32H,13-14,16-19H2,(H,34,37)(H,35,38). The molecule has 208 valence electrons. The number of hydrogen-bond donors (Lipinski definition) is 3. The topological polar surface area (TPSA) is 122 Å². The van der Waals surface area contributed by atoms with E-state index in [4.69, 9.17) is 9.47 Å². The van der Waals surface area contributed by atoms with E-state index in [0.29, 0.717) is 65.5 Å². The van der Waals surface area contributed by atoms with E-state index >= 15 is 0 Å². The van der Waals surface area contributed by atoms with Gasteiger partial charge >= 0.3 is 6.09 Å². The first-order chi connectivity index (χ1) is 20.0. The quantitative estimate of drug-likeness (QED) is 0.282. The van der Waals surface area contributed by atoms with Gasteiger partial charge in [0.05, 0.1) is 5.52 Å². The van der Waals surface area contributed by atoms with Gasteiger partial charge in [0.25, 0.3) is 0 Å². The van der Waals surface area contributed by atoms with Crippen LogP contribution in [-0.4, -0.2) is 54.0 Å². The number of rotatable bonds is 7. The third-order valence-corrected chi connectivity index (χ3v) is 7.24. The molecule has 1 saturated heterocycles. The Bertz CT molecular complexity index is 1580. The molecule has 0 radical (unpaired) electrons. The van der Waals surface area contributed by atoms with Gasteiger partial charge in [0.15, 0.2) is 0 Å². The zero-order chi connectivity index (χ0) is 28.2. The second kappa shape index (κ2) is 11.3. The van der Waals surface area contributed by atoms with Crippen molar-refractivity contribution in [2.45, 2.75) is 12.8 Å². The summed E-state index contributed by atoms with van der Waals surface area (Å²) in [5.74, 6) is 0.858. The number of aromatic nitrogens is 1. The molecule has 3 amide bonds. The van der Waals surface area contributed by atoms with Crippen molar-refractivity contribution in [2.75, 3.05) is 36.8 Å². The van der Waals surface area contributed by atoms with Crippen molar-refractivity contribution in [3.8, 4) is 17.2 Å². The molecule has 0 unspecified atom stereocenters. The summed E-state index contributed by atoms with van der Waals surface area (Å²) in [7, 11) is 0. The molecule has 1 saturated carbocycles. The molecule has 1 aromatic heterocycles. The molecule has 0 bridgehead atoms. The van der Waals surface area contributed by atoms with E-state index in [-0.39, 0.29) is 17.9 Å². The van der Waals surface area contributed by atoms with Gasteiger partial charge in [0, 0.05) is 49.1 Å². The normalized spacial score (nSPS) is 15.6. The molecule has 41 heavy (non-hydrogen) atoms. The number of pyridine rings is 1. The number of hydrogen-bond acceptors (Lipinski definition) is 7. The van der Waals surface area contributed by atoms with E-state index in [9.17, 15) is 14.4 Å². The molecule has 3 N–H and O–H groups in total. The molecule has 10 heteroatoms. The lowest BCUT2D eigenvalue weighted by molar-refractivity contribution is -0.131. The van der Waals surface area contributed by atoms with Crippen LogP contribution >= 0.6 is 0 Å². The maximum Gasteiger partial charge on any atom is 0.415 e. The fourth-order valence-corrected chi connectivity index (χ4v) is 4.70. The number of benzene rings is 3. The first-order valence-electron chi connectivity index (χ1n) is 13.5. The lowest BCUT2D eigenvalue weighted by Crippen LogP contribution is -2.47. The highest BCUT2D eigenvalue weighted by atomic mass is 16.6. The maximum atomic E-state index is 13.0. The highest BCUT2D eigenvalue weighted by Crippen LogP contribution is 2.47. The summed E-state index contributed by atoms with van der Waals surface area (Å²) in [5.41, 5.74) is 0.846. The molecule has 1 aliphatic heterocycles. The average Bonchev–Trinajstić information content (AvgIpc) is 3.82. The number of anilines is 2. The molecule has 2 aliphatic rings. The summed E-state index contributed by atoms with van der Waals surface area (Å²) in [5, 5.41) is 9.60. The second-order valence-corrected chi connectivity index (χ2v) is 10.1. The Balaban J connectivity index is 1.11. The van der Waals surface area contributed by atoms with Crippen LogP contribution in [0.4, 0.5) is 16.2 Å².